The van der Waals surface area contributed by atoms with Crippen molar-refractivity contribution in [2.75, 3.05) is 12.8 Å². The maximum Gasteiger partial charge on any atom is 0.104 e. The van der Waals surface area contributed by atoms with Gasteiger partial charge in [-0.15, -0.1) is 0 Å². The average Bonchev–Trinajstić information content (AvgIpc) is 2.07. The predicted molar refractivity (Wildman–Crippen MR) is 60.9 cm³/mol. The van der Waals surface area contributed by atoms with Gasteiger partial charge in [-0.2, -0.15) is 0 Å². The SMILES string of the molecule is CN=Cc1nc(C(C)(C)C)ccc1N. The van der Waals surface area contributed by atoms with Crippen LogP contribution in [0.3, 0.4) is 0 Å². The van der Waals surface area contributed by atoms with E-state index < -0.39 is 0 Å². The van der Waals surface area contributed by atoms with Crippen LogP contribution in [0, 0.1) is 0 Å². The third kappa shape index (κ3) is 2.31. The Bertz CT molecular complexity index is 348. The largest absolute Gasteiger partial charge is 0.397 e. The Labute approximate surface area is 85.1 Å². The van der Waals surface area contributed by atoms with E-state index in [0.29, 0.717) is 5.69 Å². The highest BCUT2D eigenvalue weighted by molar-refractivity contribution is 5.84. The zero-order valence-corrected chi connectivity index (χ0v) is 9.20. The number of hydrogen-bond donors (Lipinski definition) is 1. The van der Waals surface area contributed by atoms with E-state index >= 15 is 0 Å². The summed E-state index contributed by atoms with van der Waals surface area (Å²) in [5.74, 6) is 0. The van der Waals surface area contributed by atoms with Gasteiger partial charge in [0.1, 0.15) is 5.69 Å². The van der Waals surface area contributed by atoms with Crippen LogP contribution in [0.15, 0.2) is 17.1 Å². The molecule has 1 rings (SSSR count). The molecule has 2 N–H and O–H groups in total. The molecule has 76 valence electrons. The highest BCUT2D eigenvalue weighted by atomic mass is 14.8. The number of hydrogen-bond acceptors (Lipinski definition) is 3. The molecule has 1 aromatic heterocycles. The normalized spacial score (nSPS) is 12.3. The molecule has 1 heterocycles. The lowest BCUT2D eigenvalue weighted by Gasteiger charge is -2.18. The van der Waals surface area contributed by atoms with E-state index in [-0.39, 0.29) is 5.41 Å². The van der Waals surface area contributed by atoms with Gasteiger partial charge in [0, 0.05) is 24.4 Å². The molecule has 1 aromatic rings. The van der Waals surface area contributed by atoms with Crippen LogP contribution in [0.4, 0.5) is 5.69 Å². The summed E-state index contributed by atoms with van der Waals surface area (Å²) in [7, 11) is 1.71. The quantitative estimate of drug-likeness (QED) is 0.690. The molecule has 0 bridgehead atoms. The molecule has 0 radical (unpaired) electrons. The standard InChI is InChI=1S/C11H17N3/c1-11(2,3)10-6-5-8(12)9(14-10)7-13-4/h5-7H,12H2,1-4H3. The van der Waals surface area contributed by atoms with Crippen molar-refractivity contribution in [1.29, 1.82) is 0 Å². The van der Waals surface area contributed by atoms with E-state index in [0.717, 1.165) is 11.4 Å². The fourth-order valence-corrected chi connectivity index (χ4v) is 1.13. The Morgan fingerprint density at radius 1 is 1.36 bits per heavy atom. The highest BCUT2D eigenvalue weighted by Crippen LogP contribution is 2.21. The summed E-state index contributed by atoms with van der Waals surface area (Å²) < 4.78 is 0. The van der Waals surface area contributed by atoms with Crippen molar-refractivity contribution in [2.24, 2.45) is 4.99 Å². The van der Waals surface area contributed by atoms with Crippen LogP contribution in [-0.4, -0.2) is 18.2 Å². The van der Waals surface area contributed by atoms with Crippen LogP contribution in [0.1, 0.15) is 32.2 Å². The van der Waals surface area contributed by atoms with Crippen molar-refractivity contribution in [2.45, 2.75) is 26.2 Å². The Hall–Kier alpha value is -1.38. The van der Waals surface area contributed by atoms with Crippen LogP contribution in [0.5, 0.6) is 0 Å². The van der Waals surface area contributed by atoms with Gasteiger partial charge < -0.3 is 5.73 Å². The van der Waals surface area contributed by atoms with Crippen LogP contribution in [0.25, 0.3) is 0 Å². The van der Waals surface area contributed by atoms with E-state index in [1.165, 1.54) is 0 Å². The van der Waals surface area contributed by atoms with Gasteiger partial charge in [-0.3, -0.25) is 4.99 Å². The van der Waals surface area contributed by atoms with Gasteiger partial charge in [0.25, 0.3) is 0 Å². The van der Waals surface area contributed by atoms with Crippen LogP contribution >= 0.6 is 0 Å². The lowest BCUT2D eigenvalue weighted by Crippen LogP contribution is -2.15. The van der Waals surface area contributed by atoms with Crippen LogP contribution < -0.4 is 5.73 Å². The van der Waals surface area contributed by atoms with Gasteiger partial charge in [0.15, 0.2) is 0 Å². The van der Waals surface area contributed by atoms with Gasteiger partial charge in [-0.05, 0) is 12.1 Å². The summed E-state index contributed by atoms with van der Waals surface area (Å²) in [4.78, 5) is 8.38. The zero-order valence-electron chi connectivity index (χ0n) is 9.20. The smallest absolute Gasteiger partial charge is 0.104 e. The summed E-state index contributed by atoms with van der Waals surface area (Å²) in [5, 5.41) is 0. The van der Waals surface area contributed by atoms with Gasteiger partial charge in [0.2, 0.25) is 0 Å². The Kier molecular flexibility index (Phi) is 2.89. The third-order valence-electron chi connectivity index (χ3n) is 1.98. The predicted octanol–water partition coefficient (Wildman–Crippen LogP) is 2.01. The molecule has 0 saturated heterocycles. The summed E-state index contributed by atoms with van der Waals surface area (Å²) >= 11 is 0. The summed E-state index contributed by atoms with van der Waals surface area (Å²) in [6.07, 6.45) is 1.69. The molecular formula is C11H17N3. The van der Waals surface area contributed by atoms with Crippen molar-refractivity contribution in [1.82, 2.24) is 4.98 Å². The number of rotatable bonds is 1. The lowest BCUT2D eigenvalue weighted by atomic mass is 9.91. The molecular weight excluding hydrogens is 174 g/mol. The number of nitrogen functional groups attached to an aromatic ring is 1. The van der Waals surface area contributed by atoms with Gasteiger partial charge in [-0.1, -0.05) is 20.8 Å². The van der Waals surface area contributed by atoms with E-state index in [1.54, 1.807) is 13.3 Å². The van der Waals surface area contributed by atoms with Crippen molar-refractivity contribution in [3.63, 3.8) is 0 Å². The van der Waals surface area contributed by atoms with Crippen molar-refractivity contribution in [3.05, 3.63) is 23.5 Å². The van der Waals surface area contributed by atoms with Gasteiger partial charge in [-0.25, -0.2) is 4.98 Å². The zero-order chi connectivity index (χ0) is 10.8. The molecule has 3 heteroatoms. The number of nitrogens with two attached hydrogens (primary N) is 1. The van der Waals surface area contributed by atoms with Gasteiger partial charge in [0.05, 0.1) is 5.69 Å². The first-order chi connectivity index (χ1) is 6.45. The van der Waals surface area contributed by atoms with Crippen LogP contribution in [0.2, 0.25) is 0 Å². The first kappa shape index (κ1) is 10.7. The first-order valence-electron chi connectivity index (χ1n) is 4.64. The second-order valence-corrected chi connectivity index (χ2v) is 4.31. The highest BCUT2D eigenvalue weighted by Gasteiger charge is 2.15. The number of nitrogens with zero attached hydrogens (tertiary/aromatic N) is 2. The van der Waals surface area contributed by atoms with E-state index in [1.807, 2.05) is 12.1 Å². The fraction of sp³-hybridized carbons (Fsp3) is 0.455. The maximum absolute atomic E-state index is 5.77. The number of aliphatic imine (C=N–C) groups is 1. The van der Waals surface area contributed by atoms with Crippen molar-refractivity contribution < 1.29 is 0 Å². The summed E-state index contributed by atoms with van der Waals surface area (Å²) in [6.45, 7) is 6.37. The van der Waals surface area contributed by atoms with Crippen molar-refractivity contribution in [3.8, 4) is 0 Å². The number of anilines is 1. The molecule has 0 aromatic carbocycles. The van der Waals surface area contributed by atoms with E-state index in [9.17, 15) is 0 Å². The van der Waals surface area contributed by atoms with E-state index in [2.05, 4.69) is 30.7 Å². The number of pyridine rings is 1. The molecule has 14 heavy (non-hydrogen) atoms. The molecule has 0 aliphatic carbocycles. The minimum Gasteiger partial charge on any atom is -0.397 e. The topological polar surface area (TPSA) is 51.3 Å². The number of aromatic nitrogens is 1. The molecule has 0 atom stereocenters. The average molecular weight is 191 g/mol. The molecule has 0 aliphatic rings. The lowest BCUT2D eigenvalue weighted by molar-refractivity contribution is 0.569. The third-order valence-corrected chi connectivity index (χ3v) is 1.98. The summed E-state index contributed by atoms with van der Waals surface area (Å²) in [6, 6.07) is 3.84. The minimum atomic E-state index is 0.0457. The Morgan fingerprint density at radius 3 is 2.50 bits per heavy atom. The molecule has 0 aliphatic heterocycles. The maximum atomic E-state index is 5.77. The molecule has 0 amide bonds. The second-order valence-electron chi connectivity index (χ2n) is 4.31. The van der Waals surface area contributed by atoms with E-state index in [4.69, 9.17) is 5.73 Å². The summed E-state index contributed by atoms with van der Waals surface area (Å²) in [5.41, 5.74) is 8.26. The van der Waals surface area contributed by atoms with Gasteiger partial charge >= 0.3 is 0 Å². The molecule has 3 nitrogen and oxygen atoms in total. The van der Waals surface area contributed by atoms with Crippen LogP contribution in [-0.2, 0) is 5.41 Å². The van der Waals surface area contributed by atoms with Crippen molar-refractivity contribution >= 4 is 11.9 Å². The molecule has 0 spiro atoms. The first-order valence-corrected chi connectivity index (χ1v) is 4.64. The molecule has 0 unspecified atom stereocenters. The fourth-order valence-electron chi connectivity index (χ4n) is 1.13. The minimum absolute atomic E-state index is 0.0457. The monoisotopic (exact) mass is 191 g/mol. The molecule has 0 saturated carbocycles. The Morgan fingerprint density at radius 2 is 2.00 bits per heavy atom. The Balaban J connectivity index is 3.19. The molecule has 0 fully saturated rings. The second kappa shape index (κ2) is 3.78.